The fourth-order valence-corrected chi connectivity index (χ4v) is 4.99. The van der Waals surface area contributed by atoms with Crippen molar-refractivity contribution in [1.29, 1.82) is 0 Å². The number of ether oxygens (including phenoxy) is 2. The third kappa shape index (κ3) is 4.76. The van der Waals surface area contributed by atoms with Crippen LogP contribution in [0.4, 0.5) is 4.79 Å². The van der Waals surface area contributed by atoms with Crippen molar-refractivity contribution in [2.45, 2.75) is 62.4 Å². The second kappa shape index (κ2) is 8.52. The number of rotatable bonds is 7. The number of pyridine rings is 1. The molecule has 2 saturated carbocycles. The first kappa shape index (κ1) is 19.9. The first-order chi connectivity index (χ1) is 13.6. The van der Waals surface area contributed by atoms with E-state index < -0.39 is 0 Å². The lowest BCUT2D eigenvalue weighted by atomic mass is 9.82. The molecule has 1 amide bonds. The molecule has 1 aromatic heterocycles. The molecule has 28 heavy (non-hydrogen) atoms. The number of carbonyl (C=O) groups is 1. The van der Waals surface area contributed by atoms with Gasteiger partial charge in [-0.05, 0) is 81.9 Å². The number of nitrogens with zero attached hydrogens (tertiary/aromatic N) is 2. The Morgan fingerprint density at radius 3 is 2.71 bits per heavy atom. The van der Waals surface area contributed by atoms with Gasteiger partial charge in [-0.3, -0.25) is 0 Å². The molecule has 1 saturated heterocycles. The van der Waals surface area contributed by atoms with Crippen LogP contribution in [0.1, 0.15) is 51.9 Å². The SMILES string of the molecule is CSc1ccc(OCCC2CC2C2CCN(C(=O)OC3(C)CCC3)CC2)nc1. The zero-order valence-electron chi connectivity index (χ0n) is 17.1. The Balaban J connectivity index is 1.13. The van der Waals surface area contributed by atoms with Crippen molar-refractivity contribution in [1.82, 2.24) is 9.88 Å². The maximum Gasteiger partial charge on any atom is 0.410 e. The normalized spacial score (nSPS) is 26.4. The first-order valence-electron chi connectivity index (χ1n) is 10.7. The van der Waals surface area contributed by atoms with Gasteiger partial charge < -0.3 is 14.4 Å². The van der Waals surface area contributed by atoms with Gasteiger partial charge in [-0.2, -0.15) is 0 Å². The first-order valence-corrected chi connectivity index (χ1v) is 11.9. The van der Waals surface area contributed by atoms with Gasteiger partial charge in [0.15, 0.2) is 0 Å². The molecule has 2 unspecified atom stereocenters. The lowest BCUT2D eigenvalue weighted by molar-refractivity contribution is -0.0508. The summed E-state index contributed by atoms with van der Waals surface area (Å²) in [6.07, 6.45) is 11.7. The van der Waals surface area contributed by atoms with Crippen LogP contribution in [-0.2, 0) is 4.74 Å². The molecule has 0 radical (unpaired) electrons. The van der Waals surface area contributed by atoms with Crippen molar-refractivity contribution in [3.05, 3.63) is 18.3 Å². The number of aromatic nitrogens is 1. The molecule has 154 valence electrons. The lowest BCUT2D eigenvalue weighted by Crippen LogP contribution is -2.46. The van der Waals surface area contributed by atoms with Crippen LogP contribution in [0.25, 0.3) is 0 Å². The average Bonchev–Trinajstić information content (AvgIpc) is 3.47. The standard InChI is InChI=1S/C22H32N2O3S/c1-22(9-3-10-22)27-21(25)24-11-6-16(7-12-24)19-14-17(19)8-13-26-20-5-4-18(28-2)15-23-20/h4-5,15-17,19H,3,6-14H2,1-2H3. The van der Waals surface area contributed by atoms with Crippen LogP contribution in [0.5, 0.6) is 5.88 Å². The third-order valence-electron chi connectivity index (χ3n) is 6.81. The molecule has 2 heterocycles. The highest BCUT2D eigenvalue weighted by atomic mass is 32.2. The summed E-state index contributed by atoms with van der Waals surface area (Å²) >= 11 is 1.69. The zero-order chi connectivity index (χ0) is 19.6. The predicted molar refractivity (Wildman–Crippen MR) is 111 cm³/mol. The number of likely N-dealkylation sites (tertiary alicyclic amines) is 1. The summed E-state index contributed by atoms with van der Waals surface area (Å²) in [5.74, 6) is 3.08. The number of carbonyl (C=O) groups excluding carboxylic acids is 1. The van der Waals surface area contributed by atoms with E-state index in [0.717, 1.165) is 80.3 Å². The van der Waals surface area contributed by atoms with E-state index in [9.17, 15) is 4.79 Å². The van der Waals surface area contributed by atoms with Crippen molar-refractivity contribution >= 4 is 17.9 Å². The van der Waals surface area contributed by atoms with Gasteiger partial charge in [-0.1, -0.05) is 0 Å². The van der Waals surface area contributed by atoms with E-state index >= 15 is 0 Å². The molecule has 1 aromatic rings. The lowest BCUT2D eigenvalue weighted by Gasteiger charge is -2.40. The summed E-state index contributed by atoms with van der Waals surface area (Å²) in [5, 5.41) is 0. The Bertz CT molecular complexity index is 669. The molecule has 1 aliphatic heterocycles. The summed E-state index contributed by atoms with van der Waals surface area (Å²) in [5.41, 5.74) is -0.194. The highest BCUT2D eigenvalue weighted by Gasteiger charge is 2.44. The molecule has 6 heteroatoms. The Kier molecular flexibility index (Phi) is 6.04. The molecular weight excluding hydrogens is 372 g/mol. The highest BCUT2D eigenvalue weighted by molar-refractivity contribution is 7.98. The summed E-state index contributed by atoms with van der Waals surface area (Å²) in [6, 6.07) is 4.01. The Labute approximate surface area is 172 Å². The molecule has 3 fully saturated rings. The van der Waals surface area contributed by atoms with Gasteiger partial charge in [0.05, 0.1) is 6.61 Å². The Morgan fingerprint density at radius 2 is 2.11 bits per heavy atom. The van der Waals surface area contributed by atoms with Crippen LogP contribution in [0, 0.1) is 17.8 Å². The second-order valence-electron chi connectivity index (χ2n) is 8.83. The van der Waals surface area contributed by atoms with Gasteiger partial charge in [0.25, 0.3) is 0 Å². The van der Waals surface area contributed by atoms with Crippen molar-refractivity contribution in [2.24, 2.45) is 17.8 Å². The number of hydrogen-bond donors (Lipinski definition) is 0. The van der Waals surface area contributed by atoms with Crippen molar-refractivity contribution in [2.75, 3.05) is 26.0 Å². The van der Waals surface area contributed by atoms with E-state index in [1.165, 1.54) is 12.8 Å². The maximum atomic E-state index is 12.4. The number of amides is 1. The fourth-order valence-electron chi connectivity index (χ4n) is 4.63. The molecule has 0 spiro atoms. The smallest absolute Gasteiger partial charge is 0.410 e. The van der Waals surface area contributed by atoms with Crippen LogP contribution in [0.15, 0.2) is 23.2 Å². The van der Waals surface area contributed by atoms with Gasteiger partial charge in [-0.15, -0.1) is 11.8 Å². The van der Waals surface area contributed by atoms with E-state index in [4.69, 9.17) is 9.47 Å². The number of hydrogen-bond acceptors (Lipinski definition) is 5. The van der Waals surface area contributed by atoms with Crippen LogP contribution in [0.2, 0.25) is 0 Å². The van der Waals surface area contributed by atoms with Crippen LogP contribution in [-0.4, -0.2) is 47.5 Å². The van der Waals surface area contributed by atoms with Gasteiger partial charge in [0.1, 0.15) is 5.60 Å². The number of thioether (sulfide) groups is 1. The van der Waals surface area contributed by atoms with Gasteiger partial charge in [-0.25, -0.2) is 9.78 Å². The minimum absolute atomic E-state index is 0.0959. The molecule has 3 aliphatic rings. The third-order valence-corrected chi connectivity index (χ3v) is 7.52. The molecule has 0 aromatic carbocycles. The highest BCUT2D eigenvalue weighted by Crippen LogP contribution is 2.49. The summed E-state index contributed by atoms with van der Waals surface area (Å²) in [4.78, 5) is 19.8. The van der Waals surface area contributed by atoms with Crippen LogP contribution in [0.3, 0.4) is 0 Å². The Morgan fingerprint density at radius 1 is 1.32 bits per heavy atom. The summed E-state index contributed by atoms with van der Waals surface area (Å²) < 4.78 is 11.5. The minimum atomic E-state index is -0.194. The van der Waals surface area contributed by atoms with E-state index in [-0.39, 0.29) is 11.7 Å². The summed E-state index contributed by atoms with van der Waals surface area (Å²) in [7, 11) is 0. The quantitative estimate of drug-likeness (QED) is 0.599. The van der Waals surface area contributed by atoms with Crippen molar-refractivity contribution < 1.29 is 14.3 Å². The molecule has 0 N–H and O–H groups in total. The maximum absolute atomic E-state index is 12.4. The van der Waals surface area contributed by atoms with E-state index in [1.54, 1.807) is 11.8 Å². The van der Waals surface area contributed by atoms with E-state index in [2.05, 4.69) is 18.0 Å². The van der Waals surface area contributed by atoms with Gasteiger partial charge in [0.2, 0.25) is 5.88 Å². The fraction of sp³-hybridized carbons (Fsp3) is 0.727. The zero-order valence-corrected chi connectivity index (χ0v) is 17.9. The number of piperidine rings is 1. The second-order valence-corrected chi connectivity index (χ2v) is 9.71. The molecule has 2 atom stereocenters. The van der Waals surface area contributed by atoms with E-state index in [1.807, 2.05) is 23.4 Å². The van der Waals surface area contributed by atoms with E-state index in [0.29, 0.717) is 0 Å². The van der Waals surface area contributed by atoms with Crippen LogP contribution >= 0.6 is 11.8 Å². The largest absolute Gasteiger partial charge is 0.478 e. The average molecular weight is 405 g/mol. The van der Waals surface area contributed by atoms with Gasteiger partial charge in [0, 0.05) is 30.2 Å². The van der Waals surface area contributed by atoms with Crippen LogP contribution < -0.4 is 4.74 Å². The topological polar surface area (TPSA) is 51.7 Å². The molecular formula is C22H32N2O3S. The summed E-state index contributed by atoms with van der Waals surface area (Å²) in [6.45, 7) is 4.51. The Hall–Kier alpha value is -1.43. The molecule has 2 aliphatic carbocycles. The van der Waals surface area contributed by atoms with Crippen molar-refractivity contribution in [3.63, 3.8) is 0 Å². The monoisotopic (exact) mass is 404 g/mol. The molecule has 0 bridgehead atoms. The van der Waals surface area contributed by atoms with Gasteiger partial charge >= 0.3 is 6.09 Å². The molecule has 4 rings (SSSR count). The molecule has 5 nitrogen and oxygen atoms in total. The predicted octanol–water partition coefficient (Wildman–Crippen LogP) is 5.00. The minimum Gasteiger partial charge on any atom is -0.478 e. The van der Waals surface area contributed by atoms with Crippen molar-refractivity contribution in [3.8, 4) is 5.88 Å².